The predicted molar refractivity (Wildman–Crippen MR) is 76.3 cm³/mol. The normalized spacial score (nSPS) is 23.9. The first kappa shape index (κ1) is 15.0. The Labute approximate surface area is 121 Å². The fraction of sp³-hybridized carbons (Fsp3) is 0.571. The van der Waals surface area contributed by atoms with E-state index in [1.54, 1.807) is 6.07 Å². The number of hydrogen-bond donors (Lipinski definition) is 2. The van der Waals surface area contributed by atoms with E-state index in [0.717, 1.165) is 17.8 Å². The van der Waals surface area contributed by atoms with Crippen LogP contribution in [-0.4, -0.2) is 35.7 Å². The molecule has 0 radical (unpaired) electrons. The molecule has 5 nitrogen and oxygen atoms in total. The number of rotatable bonds is 5. The Morgan fingerprint density at radius 2 is 2.10 bits per heavy atom. The quantitative estimate of drug-likeness (QED) is 0.875. The summed E-state index contributed by atoms with van der Waals surface area (Å²) in [6.07, 6.45) is 0.958. The molecule has 2 unspecified atom stereocenters. The summed E-state index contributed by atoms with van der Waals surface area (Å²) < 4.78 is 5.62. The highest BCUT2D eigenvalue weighted by Gasteiger charge is 2.49. The van der Waals surface area contributed by atoms with Crippen LogP contribution in [0.2, 0.25) is 0 Å². The van der Waals surface area contributed by atoms with Crippen LogP contribution in [0.15, 0.2) is 12.1 Å². The lowest BCUT2D eigenvalue weighted by Crippen LogP contribution is -2.62. The van der Waals surface area contributed by atoms with Crippen molar-refractivity contribution < 1.29 is 19.4 Å². The molecule has 2 atom stereocenters. The Balaban J connectivity index is 1.97. The molecular formula is C14H19NO4S. The van der Waals surface area contributed by atoms with Crippen LogP contribution in [0.4, 0.5) is 0 Å². The Hall–Kier alpha value is -1.40. The van der Waals surface area contributed by atoms with Crippen LogP contribution in [0, 0.1) is 5.41 Å². The number of carboxylic acid groups (broad SMARTS) is 1. The van der Waals surface area contributed by atoms with Gasteiger partial charge in [0, 0.05) is 18.1 Å². The maximum atomic E-state index is 12.1. The second-order valence-electron chi connectivity index (χ2n) is 5.50. The summed E-state index contributed by atoms with van der Waals surface area (Å²) in [5.74, 6) is -1.22. The van der Waals surface area contributed by atoms with Gasteiger partial charge in [0.25, 0.3) is 5.91 Å². The van der Waals surface area contributed by atoms with Crippen LogP contribution < -0.4 is 5.32 Å². The third-order valence-electron chi connectivity index (χ3n) is 3.89. The molecule has 1 aliphatic carbocycles. The number of carboxylic acids is 1. The Kier molecular flexibility index (Phi) is 4.15. The van der Waals surface area contributed by atoms with Crippen LogP contribution in [0.25, 0.3) is 0 Å². The van der Waals surface area contributed by atoms with Crippen molar-refractivity contribution in [3.8, 4) is 0 Å². The highest BCUT2D eigenvalue weighted by Crippen LogP contribution is 2.42. The average Bonchev–Trinajstić information content (AvgIpc) is 2.87. The highest BCUT2D eigenvalue weighted by atomic mass is 32.1. The number of aromatic carboxylic acids is 1. The van der Waals surface area contributed by atoms with Crippen LogP contribution >= 0.6 is 11.3 Å². The zero-order valence-corrected chi connectivity index (χ0v) is 12.6. The van der Waals surface area contributed by atoms with Crippen molar-refractivity contribution in [2.45, 2.75) is 39.3 Å². The van der Waals surface area contributed by atoms with Gasteiger partial charge in [-0.1, -0.05) is 13.8 Å². The Morgan fingerprint density at radius 1 is 1.45 bits per heavy atom. The van der Waals surface area contributed by atoms with E-state index in [-0.39, 0.29) is 28.3 Å². The van der Waals surface area contributed by atoms with Crippen molar-refractivity contribution in [1.29, 1.82) is 0 Å². The number of carbonyl (C=O) groups excluding carboxylic acids is 1. The molecule has 1 amide bonds. The summed E-state index contributed by atoms with van der Waals surface area (Å²) in [7, 11) is 0. The molecule has 6 heteroatoms. The van der Waals surface area contributed by atoms with E-state index < -0.39 is 5.97 Å². The third-order valence-corrected chi connectivity index (χ3v) is 4.96. The Bertz CT molecular complexity index is 523. The maximum Gasteiger partial charge on any atom is 0.345 e. The molecule has 20 heavy (non-hydrogen) atoms. The summed E-state index contributed by atoms with van der Waals surface area (Å²) in [5.41, 5.74) is -0.0987. The van der Waals surface area contributed by atoms with Gasteiger partial charge in [-0.2, -0.15) is 0 Å². The largest absolute Gasteiger partial charge is 0.477 e. The van der Waals surface area contributed by atoms with Gasteiger partial charge in [-0.25, -0.2) is 4.79 Å². The second-order valence-corrected chi connectivity index (χ2v) is 6.58. The molecule has 1 aliphatic rings. The van der Waals surface area contributed by atoms with Crippen molar-refractivity contribution in [3.05, 3.63) is 21.9 Å². The van der Waals surface area contributed by atoms with E-state index in [4.69, 9.17) is 9.84 Å². The van der Waals surface area contributed by atoms with Crippen molar-refractivity contribution in [2.24, 2.45) is 5.41 Å². The first-order valence-electron chi connectivity index (χ1n) is 6.61. The van der Waals surface area contributed by atoms with Gasteiger partial charge in [-0.3, -0.25) is 4.79 Å². The van der Waals surface area contributed by atoms with Gasteiger partial charge in [0.1, 0.15) is 4.88 Å². The number of ether oxygens (including phenoxy) is 1. The minimum Gasteiger partial charge on any atom is -0.477 e. The molecule has 1 aromatic rings. The lowest BCUT2D eigenvalue weighted by molar-refractivity contribution is -0.111. The molecule has 0 saturated heterocycles. The van der Waals surface area contributed by atoms with E-state index in [9.17, 15) is 9.59 Å². The van der Waals surface area contributed by atoms with Crippen LogP contribution in [-0.2, 0) is 4.74 Å². The molecule has 0 bridgehead atoms. The molecule has 0 aliphatic heterocycles. The average molecular weight is 297 g/mol. The van der Waals surface area contributed by atoms with Gasteiger partial charge in [0.05, 0.1) is 11.0 Å². The minimum absolute atomic E-state index is 0.0573. The zero-order valence-electron chi connectivity index (χ0n) is 11.8. The maximum absolute atomic E-state index is 12.1. The van der Waals surface area contributed by atoms with E-state index in [1.165, 1.54) is 6.07 Å². The number of thiophene rings is 1. The van der Waals surface area contributed by atoms with Gasteiger partial charge >= 0.3 is 5.97 Å². The molecule has 0 spiro atoms. The molecular weight excluding hydrogens is 278 g/mol. The van der Waals surface area contributed by atoms with Gasteiger partial charge in [0.2, 0.25) is 0 Å². The zero-order chi connectivity index (χ0) is 14.9. The van der Waals surface area contributed by atoms with Crippen LogP contribution in [0.3, 0.4) is 0 Å². The van der Waals surface area contributed by atoms with E-state index in [0.29, 0.717) is 11.5 Å². The van der Waals surface area contributed by atoms with Crippen molar-refractivity contribution in [3.63, 3.8) is 0 Å². The third kappa shape index (κ3) is 2.71. The van der Waals surface area contributed by atoms with Crippen molar-refractivity contribution >= 4 is 23.2 Å². The molecule has 1 saturated carbocycles. The summed E-state index contributed by atoms with van der Waals surface area (Å²) >= 11 is 0.994. The summed E-state index contributed by atoms with van der Waals surface area (Å²) in [4.78, 5) is 23.5. The molecule has 0 aromatic carbocycles. The second kappa shape index (κ2) is 5.54. The summed E-state index contributed by atoms with van der Waals surface area (Å²) in [6.45, 7) is 6.76. The fourth-order valence-corrected chi connectivity index (χ4v) is 3.17. The fourth-order valence-electron chi connectivity index (χ4n) is 2.42. The number of nitrogens with one attached hydrogen (secondary N) is 1. The molecule has 2 rings (SSSR count). The monoisotopic (exact) mass is 297 g/mol. The molecule has 2 N–H and O–H groups in total. The van der Waals surface area contributed by atoms with E-state index in [1.807, 2.05) is 6.92 Å². The van der Waals surface area contributed by atoms with Gasteiger partial charge in [0.15, 0.2) is 0 Å². The predicted octanol–water partition coefficient (Wildman–Crippen LogP) is 2.38. The molecule has 1 fully saturated rings. The smallest absolute Gasteiger partial charge is 0.345 e. The standard InChI is InChI=1S/C14H19NO4S/c1-4-19-11-7-10(14(11,2)3)15-12(16)8-5-6-9(20-8)13(17)18/h5-6,10-11H,4,7H2,1-3H3,(H,15,16)(H,17,18). The van der Waals surface area contributed by atoms with Gasteiger partial charge in [-0.05, 0) is 25.5 Å². The lowest BCUT2D eigenvalue weighted by atomic mass is 9.64. The first-order chi connectivity index (χ1) is 9.36. The summed E-state index contributed by atoms with van der Waals surface area (Å²) in [6, 6.07) is 3.06. The van der Waals surface area contributed by atoms with Crippen LogP contribution in [0.5, 0.6) is 0 Å². The minimum atomic E-state index is -1.01. The topological polar surface area (TPSA) is 75.6 Å². The van der Waals surface area contributed by atoms with Gasteiger partial charge in [-0.15, -0.1) is 11.3 Å². The number of hydrogen-bond acceptors (Lipinski definition) is 4. The van der Waals surface area contributed by atoms with Gasteiger partial charge < -0.3 is 15.2 Å². The SMILES string of the molecule is CCOC1CC(NC(=O)c2ccc(C(=O)O)s2)C1(C)C. The first-order valence-corrected chi connectivity index (χ1v) is 7.43. The number of amides is 1. The molecule has 1 aromatic heterocycles. The number of carbonyl (C=O) groups is 2. The van der Waals surface area contributed by atoms with E-state index >= 15 is 0 Å². The lowest BCUT2D eigenvalue weighted by Gasteiger charge is -2.51. The molecule has 110 valence electrons. The van der Waals surface area contributed by atoms with Crippen molar-refractivity contribution in [2.75, 3.05) is 6.61 Å². The van der Waals surface area contributed by atoms with E-state index in [2.05, 4.69) is 19.2 Å². The van der Waals surface area contributed by atoms with Crippen LogP contribution in [0.1, 0.15) is 46.5 Å². The Morgan fingerprint density at radius 3 is 2.60 bits per heavy atom. The molecule has 1 heterocycles. The van der Waals surface area contributed by atoms with Crippen molar-refractivity contribution in [1.82, 2.24) is 5.32 Å². The summed E-state index contributed by atoms with van der Waals surface area (Å²) in [5, 5.41) is 11.8. The highest BCUT2D eigenvalue weighted by molar-refractivity contribution is 7.15.